The van der Waals surface area contributed by atoms with Crippen molar-refractivity contribution >= 4 is 11.8 Å². The summed E-state index contributed by atoms with van der Waals surface area (Å²) in [6.45, 7) is 1.42. The van der Waals surface area contributed by atoms with Gasteiger partial charge in [0.05, 0.1) is 11.9 Å². The highest BCUT2D eigenvalue weighted by atomic mass is 16.6. The standard InChI is InChI=1S/C11H16N4O2/c12-9-6-14-5-2-8(9)11(17-10(13)16)3-1-4-15-7-11/h2,5-6,15H,1,3-4,7,12H2,(H2,13,16)/t11-/m1/s1. The summed E-state index contributed by atoms with van der Waals surface area (Å²) < 4.78 is 5.31. The number of amides is 1. The molecule has 17 heavy (non-hydrogen) atoms. The average molecular weight is 236 g/mol. The fourth-order valence-electron chi connectivity index (χ4n) is 2.26. The molecule has 2 rings (SSSR count). The van der Waals surface area contributed by atoms with Gasteiger partial charge < -0.3 is 21.5 Å². The van der Waals surface area contributed by atoms with Crippen molar-refractivity contribution in [2.75, 3.05) is 18.8 Å². The molecule has 6 heteroatoms. The lowest BCUT2D eigenvalue weighted by Gasteiger charge is -2.37. The Morgan fingerprint density at radius 2 is 2.41 bits per heavy atom. The summed E-state index contributed by atoms with van der Waals surface area (Å²) in [7, 11) is 0. The first kappa shape index (κ1) is 11.7. The first-order valence-corrected chi connectivity index (χ1v) is 5.53. The van der Waals surface area contributed by atoms with Crippen LogP contribution in [0.4, 0.5) is 10.5 Å². The molecule has 1 aliphatic rings. The Morgan fingerprint density at radius 1 is 1.59 bits per heavy atom. The summed E-state index contributed by atoms with van der Waals surface area (Å²) in [4.78, 5) is 15.0. The molecule has 0 aliphatic carbocycles. The molecular formula is C11H16N4O2. The summed E-state index contributed by atoms with van der Waals surface area (Å²) in [5, 5.41) is 3.20. The molecule has 0 spiro atoms. The SMILES string of the molecule is NC(=O)O[C@]1(c2ccncc2N)CCCNC1. The van der Waals surface area contributed by atoms with E-state index in [1.807, 2.05) is 0 Å². The normalized spacial score (nSPS) is 24.2. The van der Waals surface area contributed by atoms with Gasteiger partial charge in [-0.1, -0.05) is 0 Å². The van der Waals surface area contributed by atoms with Gasteiger partial charge in [0, 0.05) is 18.3 Å². The number of nitrogens with two attached hydrogens (primary N) is 2. The van der Waals surface area contributed by atoms with Gasteiger partial charge in [-0.3, -0.25) is 4.98 Å². The molecule has 0 unspecified atom stereocenters. The van der Waals surface area contributed by atoms with Crippen molar-refractivity contribution in [1.82, 2.24) is 10.3 Å². The van der Waals surface area contributed by atoms with E-state index in [9.17, 15) is 4.79 Å². The highest BCUT2D eigenvalue weighted by Crippen LogP contribution is 2.35. The Kier molecular flexibility index (Phi) is 3.14. The molecule has 1 aromatic rings. The molecule has 1 amide bonds. The van der Waals surface area contributed by atoms with Gasteiger partial charge in [0.2, 0.25) is 0 Å². The summed E-state index contributed by atoms with van der Waals surface area (Å²) in [5.41, 5.74) is 11.5. The van der Waals surface area contributed by atoms with E-state index in [4.69, 9.17) is 16.2 Å². The number of aromatic nitrogens is 1. The largest absolute Gasteiger partial charge is 0.437 e. The van der Waals surface area contributed by atoms with Crippen molar-refractivity contribution in [1.29, 1.82) is 0 Å². The number of nitrogens with zero attached hydrogens (tertiary/aromatic N) is 1. The second-order valence-corrected chi connectivity index (χ2v) is 4.16. The molecule has 1 aromatic heterocycles. The van der Waals surface area contributed by atoms with Gasteiger partial charge >= 0.3 is 6.09 Å². The van der Waals surface area contributed by atoms with Crippen molar-refractivity contribution in [3.8, 4) is 0 Å². The van der Waals surface area contributed by atoms with Crippen LogP contribution in [0.25, 0.3) is 0 Å². The van der Waals surface area contributed by atoms with Gasteiger partial charge in [-0.15, -0.1) is 0 Å². The first-order valence-electron chi connectivity index (χ1n) is 5.53. The molecule has 1 fully saturated rings. The lowest BCUT2D eigenvalue weighted by molar-refractivity contribution is -0.00533. The van der Waals surface area contributed by atoms with E-state index < -0.39 is 11.7 Å². The zero-order valence-corrected chi connectivity index (χ0v) is 9.48. The number of hydrogen-bond donors (Lipinski definition) is 3. The summed E-state index contributed by atoms with van der Waals surface area (Å²) in [6, 6.07) is 1.77. The van der Waals surface area contributed by atoms with Crippen LogP contribution in [0, 0.1) is 0 Å². The second-order valence-electron chi connectivity index (χ2n) is 4.16. The number of primary amides is 1. The highest BCUT2D eigenvalue weighted by Gasteiger charge is 2.38. The molecule has 5 N–H and O–H groups in total. The molecule has 2 heterocycles. The smallest absolute Gasteiger partial charge is 0.405 e. The van der Waals surface area contributed by atoms with E-state index in [2.05, 4.69) is 10.3 Å². The Labute approximate surface area is 99.3 Å². The number of nitrogen functional groups attached to an aromatic ring is 1. The van der Waals surface area contributed by atoms with Crippen molar-refractivity contribution in [2.45, 2.75) is 18.4 Å². The molecule has 0 saturated carbocycles. The average Bonchev–Trinajstić information content (AvgIpc) is 2.29. The van der Waals surface area contributed by atoms with Gasteiger partial charge in [-0.2, -0.15) is 0 Å². The predicted molar refractivity (Wildman–Crippen MR) is 63.1 cm³/mol. The monoisotopic (exact) mass is 236 g/mol. The highest BCUT2D eigenvalue weighted by molar-refractivity contribution is 5.66. The van der Waals surface area contributed by atoms with Gasteiger partial charge in [0.15, 0.2) is 5.60 Å². The quantitative estimate of drug-likeness (QED) is 0.687. The van der Waals surface area contributed by atoms with E-state index >= 15 is 0 Å². The molecule has 1 atom stereocenters. The van der Waals surface area contributed by atoms with Gasteiger partial charge in [0.25, 0.3) is 0 Å². The number of nitrogens with one attached hydrogen (secondary N) is 1. The third-order valence-electron chi connectivity index (χ3n) is 2.98. The summed E-state index contributed by atoms with van der Waals surface area (Å²) in [5.74, 6) is 0. The predicted octanol–water partition coefficient (Wildman–Crippen LogP) is 0.338. The lowest BCUT2D eigenvalue weighted by Crippen LogP contribution is -2.47. The third kappa shape index (κ3) is 2.31. The Bertz CT molecular complexity index is 416. The van der Waals surface area contributed by atoms with E-state index in [-0.39, 0.29) is 0 Å². The fourth-order valence-corrected chi connectivity index (χ4v) is 2.26. The van der Waals surface area contributed by atoms with E-state index in [0.29, 0.717) is 18.7 Å². The van der Waals surface area contributed by atoms with Gasteiger partial charge in [-0.25, -0.2) is 4.79 Å². The first-order chi connectivity index (χ1) is 8.14. The third-order valence-corrected chi connectivity index (χ3v) is 2.98. The second kappa shape index (κ2) is 4.58. The molecule has 0 aromatic carbocycles. The van der Waals surface area contributed by atoms with Crippen LogP contribution in [0.1, 0.15) is 18.4 Å². The van der Waals surface area contributed by atoms with Crippen LogP contribution < -0.4 is 16.8 Å². The van der Waals surface area contributed by atoms with Crippen LogP contribution in [0.15, 0.2) is 18.5 Å². The molecule has 0 bridgehead atoms. The maximum Gasteiger partial charge on any atom is 0.405 e. The van der Waals surface area contributed by atoms with Crippen LogP contribution in [-0.4, -0.2) is 24.2 Å². The van der Waals surface area contributed by atoms with E-state index in [1.54, 1.807) is 18.5 Å². The Balaban J connectivity index is 2.39. The molecular weight excluding hydrogens is 220 g/mol. The minimum atomic E-state index is -0.787. The van der Waals surface area contributed by atoms with Crippen molar-refractivity contribution in [2.24, 2.45) is 5.73 Å². The number of ether oxygens (including phenoxy) is 1. The van der Waals surface area contributed by atoms with Crippen molar-refractivity contribution < 1.29 is 9.53 Å². The molecule has 6 nitrogen and oxygen atoms in total. The van der Waals surface area contributed by atoms with Gasteiger partial charge in [-0.05, 0) is 25.5 Å². The van der Waals surface area contributed by atoms with Crippen LogP contribution in [0.5, 0.6) is 0 Å². The van der Waals surface area contributed by atoms with E-state index in [0.717, 1.165) is 18.5 Å². The number of rotatable bonds is 2. The molecule has 1 saturated heterocycles. The van der Waals surface area contributed by atoms with Crippen LogP contribution in [0.2, 0.25) is 0 Å². The van der Waals surface area contributed by atoms with Crippen LogP contribution in [-0.2, 0) is 10.3 Å². The maximum absolute atomic E-state index is 11.1. The summed E-state index contributed by atoms with van der Waals surface area (Å²) in [6.07, 6.45) is 4.00. The minimum Gasteiger partial charge on any atom is -0.437 e. The van der Waals surface area contributed by atoms with Crippen LogP contribution in [0.3, 0.4) is 0 Å². The maximum atomic E-state index is 11.1. The fraction of sp³-hybridized carbons (Fsp3) is 0.455. The lowest BCUT2D eigenvalue weighted by atomic mass is 9.86. The number of hydrogen-bond acceptors (Lipinski definition) is 5. The van der Waals surface area contributed by atoms with Crippen molar-refractivity contribution in [3.63, 3.8) is 0 Å². The number of carbonyl (C=O) groups is 1. The number of anilines is 1. The molecule has 0 radical (unpaired) electrons. The zero-order valence-electron chi connectivity index (χ0n) is 9.48. The Morgan fingerprint density at radius 3 is 3.00 bits per heavy atom. The van der Waals surface area contributed by atoms with E-state index in [1.165, 1.54) is 0 Å². The van der Waals surface area contributed by atoms with Gasteiger partial charge in [0.1, 0.15) is 0 Å². The summed E-state index contributed by atoms with van der Waals surface area (Å²) >= 11 is 0. The van der Waals surface area contributed by atoms with Crippen molar-refractivity contribution in [3.05, 3.63) is 24.0 Å². The zero-order chi connectivity index (χ0) is 12.3. The minimum absolute atomic E-state index is 0.512. The number of carbonyl (C=O) groups excluding carboxylic acids is 1. The van der Waals surface area contributed by atoms with Crippen LogP contribution >= 0.6 is 0 Å². The molecule has 92 valence electrons. The Hall–Kier alpha value is -1.82. The number of pyridine rings is 1. The number of piperidine rings is 1. The topological polar surface area (TPSA) is 103 Å². The molecule has 1 aliphatic heterocycles.